The maximum atomic E-state index is 12.2. The summed E-state index contributed by atoms with van der Waals surface area (Å²) in [5, 5.41) is 39.5. The third kappa shape index (κ3) is 3.73. The van der Waals surface area contributed by atoms with Gasteiger partial charge in [0.2, 0.25) is 22.4 Å². The van der Waals surface area contributed by atoms with Crippen LogP contribution in [0.1, 0.15) is 34.5 Å². The molecule has 0 spiro atoms. The summed E-state index contributed by atoms with van der Waals surface area (Å²) in [7, 11) is 1.39. The number of aromatic hydroxyl groups is 2. The maximum absolute atomic E-state index is 12.2. The predicted octanol–water partition coefficient (Wildman–Crippen LogP) is 1.18. The molecular weight excluding hydrogens is 384 g/mol. The maximum Gasteiger partial charge on any atom is 0.227 e. The Morgan fingerprint density at radius 3 is 1.83 bits per heavy atom. The van der Waals surface area contributed by atoms with Gasteiger partial charge in [-0.15, -0.1) is 0 Å². The molecule has 0 unspecified atom stereocenters. The third-order valence-corrected chi connectivity index (χ3v) is 4.29. The van der Waals surface area contributed by atoms with Crippen LogP contribution in [0.25, 0.3) is 0 Å². The van der Waals surface area contributed by atoms with E-state index in [0.717, 1.165) is 12.1 Å². The van der Waals surface area contributed by atoms with E-state index in [9.17, 15) is 30.0 Å². The molecule has 9 nitrogen and oxygen atoms in total. The summed E-state index contributed by atoms with van der Waals surface area (Å²) in [6.07, 6.45) is 0. The lowest BCUT2D eigenvalue weighted by Crippen LogP contribution is -2.14. The first-order chi connectivity index (χ1) is 13.9. The Morgan fingerprint density at radius 1 is 0.897 bits per heavy atom. The van der Waals surface area contributed by atoms with Gasteiger partial charge in [0.1, 0.15) is 36.4 Å². The second kappa shape index (κ2) is 8.21. The van der Waals surface area contributed by atoms with E-state index < -0.39 is 41.5 Å². The van der Waals surface area contributed by atoms with E-state index in [0.29, 0.717) is 0 Å². The number of aliphatic hydroxyl groups is 2. The summed E-state index contributed by atoms with van der Waals surface area (Å²) in [5.41, 5.74) is -1.39. The summed E-state index contributed by atoms with van der Waals surface area (Å²) in [6.45, 7) is -1.26. The average molecular weight is 402 g/mol. The third-order valence-electron chi connectivity index (χ3n) is 4.29. The minimum atomic E-state index is -1.30. The molecule has 0 aliphatic carbocycles. The van der Waals surface area contributed by atoms with Crippen LogP contribution in [0.4, 0.5) is 0 Å². The fraction of sp³-hybridized carbons (Fsp3) is 0.200. The van der Waals surface area contributed by atoms with Crippen LogP contribution in [0, 0.1) is 0 Å². The van der Waals surface area contributed by atoms with E-state index in [1.165, 1.54) is 7.11 Å². The van der Waals surface area contributed by atoms with E-state index >= 15 is 0 Å². The second-order valence-electron chi connectivity index (χ2n) is 6.07. The number of hydrogen-bond acceptors (Lipinski definition) is 9. The van der Waals surface area contributed by atoms with Gasteiger partial charge >= 0.3 is 0 Å². The van der Waals surface area contributed by atoms with Gasteiger partial charge in [0.25, 0.3) is 0 Å². The standard InChI is InChI=1S/C20H18O9/c1-27-15-5-3-2-4-12(15)16(19-17(25)13(23)6-10(8-21)28-19)20-18(26)14(24)7-11(9-22)29-20/h2-7,16,21-22,25-26H,8-9H2,1H3. The summed E-state index contributed by atoms with van der Waals surface area (Å²) in [6, 6.07) is 8.26. The molecule has 4 N–H and O–H groups in total. The van der Waals surface area contributed by atoms with Crippen LogP contribution in [0.2, 0.25) is 0 Å². The van der Waals surface area contributed by atoms with Crippen molar-refractivity contribution in [1.82, 2.24) is 0 Å². The molecule has 152 valence electrons. The van der Waals surface area contributed by atoms with Crippen molar-refractivity contribution in [1.29, 1.82) is 0 Å². The Morgan fingerprint density at radius 2 is 1.38 bits per heavy atom. The van der Waals surface area contributed by atoms with Crippen molar-refractivity contribution in [2.45, 2.75) is 19.1 Å². The molecule has 0 bridgehead atoms. The van der Waals surface area contributed by atoms with Gasteiger partial charge in [0.15, 0.2) is 11.5 Å². The first-order valence-corrected chi connectivity index (χ1v) is 8.47. The molecule has 1 aromatic carbocycles. The molecule has 0 radical (unpaired) electrons. The van der Waals surface area contributed by atoms with Crippen molar-refractivity contribution in [3.8, 4) is 17.2 Å². The van der Waals surface area contributed by atoms with Crippen LogP contribution in [0.5, 0.6) is 17.2 Å². The van der Waals surface area contributed by atoms with Crippen LogP contribution in [-0.2, 0) is 13.2 Å². The topological polar surface area (TPSA) is 151 Å². The zero-order chi connectivity index (χ0) is 21.1. The lowest BCUT2D eigenvalue weighted by atomic mass is 9.91. The van der Waals surface area contributed by atoms with Gasteiger partial charge in [-0.1, -0.05) is 18.2 Å². The molecule has 0 amide bonds. The lowest BCUT2D eigenvalue weighted by molar-refractivity contribution is 0.224. The molecule has 2 aromatic heterocycles. The zero-order valence-electron chi connectivity index (χ0n) is 15.3. The van der Waals surface area contributed by atoms with E-state index in [1.807, 2.05) is 0 Å². The van der Waals surface area contributed by atoms with E-state index in [2.05, 4.69) is 0 Å². The predicted molar refractivity (Wildman–Crippen MR) is 99.1 cm³/mol. The molecule has 29 heavy (non-hydrogen) atoms. The monoisotopic (exact) mass is 402 g/mol. The molecule has 9 heteroatoms. The molecule has 0 atom stereocenters. The van der Waals surface area contributed by atoms with Gasteiger partial charge in [-0.05, 0) is 6.07 Å². The lowest BCUT2D eigenvalue weighted by Gasteiger charge is -2.20. The Kier molecular flexibility index (Phi) is 5.71. The Balaban J connectivity index is 2.43. The first-order valence-electron chi connectivity index (χ1n) is 8.47. The van der Waals surface area contributed by atoms with Crippen LogP contribution in [-0.4, -0.2) is 27.5 Å². The highest BCUT2D eigenvalue weighted by Crippen LogP contribution is 2.42. The summed E-state index contributed by atoms with van der Waals surface area (Å²) < 4.78 is 16.3. The number of benzene rings is 1. The van der Waals surface area contributed by atoms with Crippen LogP contribution in [0.15, 0.2) is 54.8 Å². The molecule has 0 fully saturated rings. The van der Waals surface area contributed by atoms with E-state index in [1.54, 1.807) is 24.3 Å². The molecule has 0 aliphatic rings. The molecule has 0 saturated heterocycles. The molecule has 3 rings (SSSR count). The fourth-order valence-corrected chi connectivity index (χ4v) is 2.96. The van der Waals surface area contributed by atoms with Gasteiger partial charge < -0.3 is 34.0 Å². The normalized spacial score (nSPS) is 11.0. The number of para-hydroxylation sites is 1. The van der Waals surface area contributed by atoms with Crippen LogP contribution >= 0.6 is 0 Å². The zero-order valence-corrected chi connectivity index (χ0v) is 15.3. The molecule has 0 aliphatic heterocycles. The largest absolute Gasteiger partial charge is 0.502 e. The van der Waals surface area contributed by atoms with Crippen molar-refractivity contribution in [3.63, 3.8) is 0 Å². The highest BCUT2D eigenvalue weighted by atomic mass is 16.5. The first kappa shape index (κ1) is 20.2. The minimum absolute atomic E-state index is 0.150. The number of ether oxygens (including phenoxy) is 1. The Hall–Kier alpha value is -3.56. The number of hydrogen-bond donors (Lipinski definition) is 4. The summed E-state index contributed by atoms with van der Waals surface area (Å²) >= 11 is 0. The van der Waals surface area contributed by atoms with Crippen molar-refractivity contribution >= 4 is 0 Å². The summed E-state index contributed by atoms with van der Waals surface area (Å²) in [4.78, 5) is 24.3. The van der Waals surface area contributed by atoms with Gasteiger partial charge in [0.05, 0.1) is 7.11 Å². The van der Waals surface area contributed by atoms with E-state index in [-0.39, 0.29) is 34.4 Å². The highest BCUT2D eigenvalue weighted by molar-refractivity contribution is 5.50. The average Bonchev–Trinajstić information content (AvgIpc) is 2.74. The molecule has 3 aromatic rings. The fourth-order valence-electron chi connectivity index (χ4n) is 2.96. The smallest absolute Gasteiger partial charge is 0.227 e. The highest BCUT2D eigenvalue weighted by Gasteiger charge is 2.33. The van der Waals surface area contributed by atoms with Crippen LogP contribution < -0.4 is 15.6 Å². The van der Waals surface area contributed by atoms with Gasteiger partial charge in [-0.2, -0.15) is 0 Å². The molecular formula is C20H18O9. The minimum Gasteiger partial charge on any atom is -0.502 e. The number of rotatable bonds is 6. The Labute approximate surface area is 163 Å². The second-order valence-corrected chi connectivity index (χ2v) is 6.07. The number of aliphatic hydroxyl groups excluding tert-OH is 2. The molecule has 2 heterocycles. The quantitative estimate of drug-likeness (QED) is 0.476. The van der Waals surface area contributed by atoms with Crippen molar-refractivity contribution in [2.75, 3.05) is 7.11 Å². The van der Waals surface area contributed by atoms with Gasteiger partial charge in [-0.25, -0.2) is 0 Å². The summed E-state index contributed by atoms with van der Waals surface area (Å²) in [5.74, 6) is -3.66. The van der Waals surface area contributed by atoms with Gasteiger partial charge in [-0.3, -0.25) is 9.59 Å². The number of methoxy groups -OCH3 is 1. The van der Waals surface area contributed by atoms with Gasteiger partial charge in [0, 0.05) is 17.7 Å². The van der Waals surface area contributed by atoms with Crippen molar-refractivity contribution in [2.24, 2.45) is 0 Å². The van der Waals surface area contributed by atoms with Crippen LogP contribution in [0.3, 0.4) is 0 Å². The SMILES string of the molecule is COc1ccccc1C(c1oc(CO)cc(=O)c1O)c1oc(CO)cc(=O)c1O. The van der Waals surface area contributed by atoms with E-state index in [4.69, 9.17) is 13.6 Å². The van der Waals surface area contributed by atoms with Crippen molar-refractivity contribution < 1.29 is 34.0 Å². The Bertz CT molecular complexity index is 1080. The van der Waals surface area contributed by atoms with Crippen molar-refractivity contribution in [3.05, 3.63) is 85.4 Å². The molecule has 0 saturated carbocycles.